The fraction of sp³-hybridized carbons (Fsp3) is 0.538. The largest absolute Gasteiger partial charge is 0.215 e. The van der Waals surface area contributed by atoms with E-state index in [1.165, 1.54) is 0 Å². The molecule has 0 unspecified atom stereocenters. The van der Waals surface area contributed by atoms with Gasteiger partial charge < -0.3 is 0 Å². The molecular formula is C13H21NO2S. The molecule has 3 nitrogen and oxygen atoms in total. The second kappa shape index (κ2) is 6.77. The van der Waals surface area contributed by atoms with Crippen LogP contribution in [0.2, 0.25) is 0 Å². The molecule has 0 radical (unpaired) electrons. The highest BCUT2D eigenvalue weighted by Crippen LogP contribution is 2.02. The first-order valence-corrected chi connectivity index (χ1v) is 7.66. The summed E-state index contributed by atoms with van der Waals surface area (Å²) < 4.78 is 26.0. The summed E-state index contributed by atoms with van der Waals surface area (Å²) in [6.07, 6.45) is 1.45. The number of benzene rings is 1. The van der Waals surface area contributed by atoms with Crippen LogP contribution < -0.4 is 4.72 Å². The van der Waals surface area contributed by atoms with Crippen LogP contribution in [0.1, 0.15) is 25.8 Å². The fourth-order valence-electron chi connectivity index (χ4n) is 1.47. The lowest BCUT2D eigenvalue weighted by Gasteiger charge is -2.08. The van der Waals surface area contributed by atoms with E-state index in [9.17, 15) is 8.42 Å². The van der Waals surface area contributed by atoms with Gasteiger partial charge in [0.1, 0.15) is 0 Å². The number of sulfonamides is 1. The maximum absolute atomic E-state index is 11.7. The Balaban J connectivity index is 2.35. The Morgan fingerprint density at radius 2 is 1.82 bits per heavy atom. The lowest BCUT2D eigenvalue weighted by molar-refractivity contribution is 0.551. The highest BCUT2D eigenvalue weighted by molar-refractivity contribution is 7.89. The van der Waals surface area contributed by atoms with Crippen molar-refractivity contribution in [3.8, 4) is 0 Å². The molecular weight excluding hydrogens is 234 g/mol. The molecule has 0 aliphatic rings. The zero-order valence-corrected chi connectivity index (χ0v) is 11.3. The van der Waals surface area contributed by atoms with Crippen LogP contribution in [0.5, 0.6) is 0 Å². The van der Waals surface area contributed by atoms with Gasteiger partial charge >= 0.3 is 0 Å². The highest BCUT2D eigenvalue weighted by atomic mass is 32.2. The second-order valence-electron chi connectivity index (χ2n) is 4.63. The van der Waals surface area contributed by atoms with E-state index >= 15 is 0 Å². The van der Waals surface area contributed by atoms with Crippen LogP contribution in [0.3, 0.4) is 0 Å². The first-order chi connectivity index (χ1) is 7.99. The zero-order valence-electron chi connectivity index (χ0n) is 10.5. The fourth-order valence-corrected chi connectivity index (χ4v) is 2.55. The predicted molar refractivity (Wildman–Crippen MR) is 71.4 cm³/mol. The van der Waals surface area contributed by atoms with Gasteiger partial charge in [0.15, 0.2) is 0 Å². The van der Waals surface area contributed by atoms with Crippen molar-refractivity contribution in [2.75, 3.05) is 12.3 Å². The number of rotatable bonds is 7. The smallest absolute Gasteiger partial charge is 0.211 e. The van der Waals surface area contributed by atoms with E-state index in [1.54, 1.807) is 0 Å². The zero-order chi connectivity index (χ0) is 12.7. The Morgan fingerprint density at radius 1 is 1.18 bits per heavy atom. The van der Waals surface area contributed by atoms with Crippen LogP contribution in [-0.2, 0) is 16.4 Å². The summed E-state index contributed by atoms with van der Waals surface area (Å²) in [5.74, 6) is 0.682. The lowest BCUT2D eigenvalue weighted by Crippen LogP contribution is -2.28. The minimum atomic E-state index is -3.13. The maximum Gasteiger partial charge on any atom is 0.211 e. The number of nitrogens with one attached hydrogen (secondary N) is 1. The van der Waals surface area contributed by atoms with Gasteiger partial charge in [-0.3, -0.25) is 0 Å². The minimum Gasteiger partial charge on any atom is -0.215 e. The SMILES string of the molecule is CC(C)CCNS(=O)(=O)CCc1ccccc1. The van der Waals surface area contributed by atoms with Crippen LogP contribution >= 0.6 is 0 Å². The summed E-state index contributed by atoms with van der Waals surface area (Å²) >= 11 is 0. The standard InChI is InChI=1S/C13H21NO2S/c1-12(2)8-10-14-17(15,16)11-9-13-6-4-3-5-7-13/h3-7,12,14H,8-11H2,1-2H3. The Hall–Kier alpha value is -0.870. The molecule has 1 rings (SSSR count). The van der Waals surface area contributed by atoms with E-state index in [-0.39, 0.29) is 5.75 Å². The molecule has 0 fully saturated rings. The van der Waals surface area contributed by atoms with E-state index < -0.39 is 10.0 Å². The van der Waals surface area contributed by atoms with E-state index in [2.05, 4.69) is 18.6 Å². The summed E-state index contributed by atoms with van der Waals surface area (Å²) in [5.41, 5.74) is 1.06. The number of aryl methyl sites for hydroxylation is 1. The van der Waals surface area contributed by atoms with E-state index in [4.69, 9.17) is 0 Å². The molecule has 0 saturated heterocycles. The summed E-state index contributed by atoms with van der Waals surface area (Å²) in [6, 6.07) is 9.68. The molecule has 0 aliphatic heterocycles. The molecule has 0 aliphatic carbocycles. The van der Waals surface area contributed by atoms with E-state index in [0.29, 0.717) is 18.9 Å². The second-order valence-corrected chi connectivity index (χ2v) is 6.56. The Morgan fingerprint density at radius 3 is 2.41 bits per heavy atom. The van der Waals surface area contributed by atoms with Gasteiger partial charge in [0, 0.05) is 6.54 Å². The maximum atomic E-state index is 11.7. The van der Waals surface area contributed by atoms with Crippen molar-refractivity contribution >= 4 is 10.0 Å². The molecule has 96 valence electrons. The summed E-state index contributed by atoms with van der Waals surface area (Å²) in [7, 11) is -3.13. The van der Waals surface area contributed by atoms with Gasteiger partial charge in [-0.15, -0.1) is 0 Å². The van der Waals surface area contributed by atoms with Gasteiger partial charge in [0.05, 0.1) is 5.75 Å². The first kappa shape index (κ1) is 14.2. The Bertz CT molecular complexity index is 412. The molecule has 0 bridgehead atoms. The molecule has 0 amide bonds. The molecule has 0 heterocycles. The molecule has 1 N–H and O–H groups in total. The van der Waals surface area contributed by atoms with Crippen molar-refractivity contribution in [1.82, 2.24) is 4.72 Å². The topological polar surface area (TPSA) is 46.2 Å². The molecule has 1 aromatic rings. The molecule has 1 aromatic carbocycles. The number of hydrogen-bond donors (Lipinski definition) is 1. The van der Waals surface area contributed by atoms with E-state index in [1.807, 2.05) is 30.3 Å². The predicted octanol–water partition coefficient (Wildman–Crippen LogP) is 2.19. The number of hydrogen-bond acceptors (Lipinski definition) is 2. The van der Waals surface area contributed by atoms with Crippen LogP contribution in [-0.4, -0.2) is 20.7 Å². The third-order valence-corrected chi connectivity index (χ3v) is 3.93. The van der Waals surface area contributed by atoms with Crippen molar-refractivity contribution in [3.63, 3.8) is 0 Å². The van der Waals surface area contributed by atoms with Crippen LogP contribution in [0.4, 0.5) is 0 Å². The van der Waals surface area contributed by atoms with Gasteiger partial charge in [-0.2, -0.15) is 0 Å². The van der Waals surface area contributed by atoms with Crippen molar-refractivity contribution in [2.45, 2.75) is 26.7 Å². The minimum absolute atomic E-state index is 0.162. The van der Waals surface area contributed by atoms with Gasteiger partial charge in [0.2, 0.25) is 10.0 Å². The average Bonchev–Trinajstić information content (AvgIpc) is 2.27. The average molecular weight is 255 g/mol. The van der Waals surface area contributed by atoms with Crippen LogP contribution in [0.15, 0.2) is 30.3 Å². The third-order valence-electron chi connectivity index (χ3n) is 2.55. The van der Waals surface area contributed by atoms with Crippen molar-refractivity contribution in [2.24, 2.45) is 5.92 Å². The first-order valence-electron chi connectivity index (χ1n) is 6.01. The Kier molecular flexibility index (Phi) is 5.65. The molecule has 17 heavy (non-hydrogen) atoms. The van der Waals surface area contributed by atoms with Crippen molar-refractivity contribution in [1.29, 1.82) is 0 Å². The molecule has 4 heteroatoms. The molecule has 0 spiro atoms. The van der Waals surface area contributed by atoms with Gasteiger partial charge in [-0.05, 0) is 24.3 Å². The highest BCUT2D eigenvalue weighted by Gasteiger charge is 2.09. The van der Waals surface area contributed by atoms with Gasteiger partial charge in [-0.1, -0.05) is 44.2 Å². The van der Waals surface area contributed by atoms with Crippen LogP contribution in [0.25, 0.3) is 0 Å². The normalized spacial score (nSPS) is 11.9. The monoisotopic (exact) mass is 255 g/mol. The van der Waals surface area contributed by atoms with Crippen LogP contribution in [0, 0.1) is 5.92 Å². The van der Waals surface area contributed by atoms with Crippen molar-refractivity contribution < 1.29 is 8.42 Å². The molecule has 0 atom stereocenters. The Labute approximate surface area is 104 Å². The van der Waals surface area contributed by atoms with Gasteiger partial charge in [-0.25, -0.2) is 13.1 Å². The van der Waals surface area contributed by atoms with Crippen molar-refractivity contribution in [3.05, 3.63) is 35.9 Å². The van der Waals surface area contributed by atoms with Gasteiger partial charge in [0.25, 0.3) is 0 Å². The third kappa shape index (κ3) is 6.44. The summed E-state index contributed by atoms with van der Waals surface area (Å²) in [6.45, 7) is 4.70. The lowest BCUT2D eigenvalue weighted by atomic mass is 10.1. The molecule has 0 aromatic heterocycles. The summed E-state index contributed by atoms with van der Waals surface area (Å²) in [5, 5.41) is 0. The summed E-state index contributed by atoms with van der Waals surface area (Å²) in [4.78, 5) is 0. The molecule has 0 saturated carbocycles. The van der Waals surface area contributed by atoms with E-state index in [0.717, 1.165) is 12.0 Å². The quantitative estimate of drug-likeness (QED) is 0.812.